The molecule has 33 heavy (non-hydrogen) atoms. The van der Waals surface area contributed by atoms with E-state index in [1.54, 1.807) is 0 Å². The molecule has 2 amide bonds. The van der Waals surface area contributed by atoms with E-state index in [0.717, 1.165) is 31.4 Å². The van der Waals surface area contributed by atoms with Crippen LogP contribution in [0, 0.1) is 11.3 Å². The lowest BCUT2D eigenvalue weighted by Gasteiger charge is -2.38. The van der Waals surface area contributed by atoms with Gasteiger partial charge in [0.2, 0.25) is 0 Å². The highest BCUT2D eigenvalue weighted by molar-refractivity contribution is 5.88. The molecule has 2 N–H and O–H groups in total. The van der Waals surface area contributed by atoms with Crippen molar-refractivity contribution < 1.29 is 14.3 Å². The summed E-state index contributed by atoms with van der Waals surface area (Å²) < 4.78 is 5.82. The first kappa shape index (κ1) is 23.6. The zero-order chi connectivity index (χ0) is 23.2. The van der Waals surface area contributed by atoms with Crippen LogP contribution in [0.3, 0.4) is 0 Å². The minimum absolute atomic E-state index is 0.316. The Morgan fingerprint density at radius 1 is 1.03 bits per heavy atom. The first-order valence-corrected chi connectivity index (χ1v) is 12.5. The highest BCUT2D eigenvalue weighted by Gasteiger charge is 2.49. The molecule has 0 aromatic heterocycles. The van der Waals surface area contributed by atoms with Gasteiger partial charge < -0.3 is 15.4 Å². The molecular formula is C26H36N4O3. The fourth-order valence-corrected chi connectivity index (χ4v) is 5.63. The molecule has 3 aliphatic rings. The van der Waals surface area contributed by atoms with Crippen molar-refractivity contribution in [3.8, 4) is 6.07 Å². The highest BCUT2D eigenvalue weighted by Crippen LogP contribution is 2.35. The van der Waals surface area contributed by atoms with E-state index in [1.807, 2.05) is 30.3 Å². The maximum absolute atomic E-state index is 13.5. The Bertz CT molecular complexity index is 856. The lowest BCUT2D eigenvalue weighted by molar-refractivity contribution is -0.145. The number of likely N-dealkylation sites (tertiary alicyclic amines) is 1. The SMILES string of the molecule is N#CC1(NC(=O)C2(OC(=O)NCc3ccccc3)CCCCC2)CCN(C2CCCCC2)C1. The maximum atomic E-state index is 13.5. The van der Waals surface area contributed by atoms with Crippen molar-refractivity contribution in [2.75, 3.05) is 13.1 Å². The lowest BCUT2D eigenvalue weighted by atomic mass is 9.83. The van der Waals surface area contributed by atoms with Gasteiger partial charge in [-0.15, -0.1) is 0 Å². The second kappa shape index (κ2) is 10.6. The zero-order valence-corrected chi connectivity index (χ0v) is 19.5. The number of nitriles is 1. The van der Waals surface area contributed by atoms with Gasteiger partial charge >= 0.3 is 6.09 Å². The van der Waals surface area contributed by atoms with Gasteiger partial charge in [0.1, 0.15) is 5.54 Å². The third-order valence-corrected chi connectivity index (χ3v) is 7.60. The number of hydrogen-bond donors (Lipinski definition) is 2. The van der Waals surface area contributed by atoms with Crippen molar-refractivity contribution >= 4 is 12.0 Å². The van der Waals surface area contributed by atoms with Crippen LogP contribution in [0.5, 0.6) is 0 Å². The number of nitrogens with zero attached hydrogens (tertiary/aromatic N) is 2. The molecule has 1 aromatic rings. The molecule has 1 saturated heterocycles. The predicted octanol–water partition coefficient (Wildman–Crippen LogP) is 4.03. The van der Waals surface area contributed by atoms with Crippen LogP contribution in [0.25, 0.3) is 0 Å². The van der Waals surface area contributed by atoms with Crippen molar-refractivity contribution in [1.82, 2.24) is 15.5 Å². The molecule has 0 bridgehead atoms. The average Bonchev–Trinajstić information content (AvgIpc) is 3.29. The van der Waals surface area contributed by atoms with Gasteiger partial charge in [-0.25, -0.2) is 4.79 Å². The topological polar surface area (TPSA) is 94.5 Å². The number of carbonyl (C=O) groups excluding carboxylic acids is 2. The first-order valence-electron chi connectivity index (χ1n) is 12.5. The number of hydrogen-bond acceptors (Lipinski definition) is 5. The van der Waals surface area contributed by atoms with Crippen LogP contribution in [0.4, 0.5) is 4.79 Å². The van der Waals surface area contributed by atoms with Crippen LogP contribution in [-0.2, 0) is 16.1 Å². The third-order valence-electron chi connectivity index (χ3n) is 7.60. The van der Waals surface area contributed by atoms with Gasteiger partial charge in [-0.2, -0.15) is 5.26 Å². The minimum atomic E-state index is -1.21. The van der Waals surface area contributed by atoms with Gasteiger partial charge in [0.25, 0.3) is 5.91 Å². The number of amides is 2. The van der Waals surface area contributed by atoms with Crippen LogP contribution in [-0.4, -0.2) is 47.2 Å². The molecule has 3 fully saturated rings. The van der Waals surface area contributed by atoms with Crippen LogP contribution < -0.4 is 10.6 Å². The van der Waals surface area contributed by atoms with E-state index < -0.39 is 17.2 Å². The van der Waals surface area contributed by atoms with E-state index in [4.69, 9.17) is 4.74 Å². The van der Waals surface area contributed by atoms with E-state index in [1.165, 1.54) is 32.1 Å². The Kier molecular flexibility index (Phi) is 7.54. The monoisotopic (exact) mass is 452 g/mol. The van der Waals surface area contributed by atoms with Gasteiger partial charge in [0.05, 0.1) is 6.07 Å². The number of nitrogens with one attached hydrogen (secondary N) is 2. The smallest absolute Gasteiger partial charge is 0.408 e. The summed E-state index contributed by atoms with van der Waals surface area (Å²) in [6.07, 6.45) is 9.79. The molecule has 2 saturated carbocycles. The Balaban J connectivity index is 1.40. The van der Waals surface area contributed by atoms with Crippen LogP contribution in [0.1, 0.15) is 76.2 Å². The van der Waals surface area contributed by atoms with Crippen LogP contribution >= 0.6 is 0 Å². The largest absolute Gasteiger partial charge is 0.433 e. The summed E-state index contributed by atoms with van der Waals surface area (Å²) in [5, 5.41) is 15.9. The molecule has 0 spiro atoms. The van der Waals surface area contributed by atoms with Gasteiger partial charge in [-0.05, 0) is 50.5 Å². The normalized spacial score (nSPS) is 25.7. The molecule has 2 aliphatic carbocycles. The van der Waals surface area contributed by atoms with E-state index in [2.05, 4.69) is 21.6 Å². The highest BCUT2D eigenvalue weighted by atomic mass is 16.6. The summed E-state index contributed by atoms with van der Waals surface area (Å²) in [5.41, 5.74) is -1.15. The molecule has 7 nitrogen and oxygen atoms in total. The van der Waals surface area contributed by atoms with Crippen molar-refractivity contribution in [3.05, 3.63) is 35.9 Å². The summed E-state index contributed by atoms with van der Waals surface area (Å²) >= 11 is 0. The Hall–Kier alpha value is -2.59. The molecule has 1 unspecified atom stereocenters. The van der Waals surface area contributed by atoms with E-state index in [9.17, 15) is 14.9 Å². The van der Waals surface area contributed by atoms with Gasteiger partial charge in [-0.3, -0.25) is 9.69 Å². The number of alkyl carbamates (subject to hydrolysis) is 1. The van der Waals surface area contributed by atoms with Gasteiger partial charge in [0.15, 0.2) is 5.60 Å². The molecule has 7 heteroatoms. The second-order valence-corrected chi connectivity index (χ2v) is 9.94. The van der Waals surface area contributed by atoms with Crippen molar-refractivity contribution in [2.45, 2.75) is 94.4 Å². The van der Waals surface area contributed by atoms with Gasteiger partial charge in [0, 0.05) is 25.7 Å². The summed E-state index contributed by atoms with van der Waals surface area (Å²) in [5.74, 6) is -0.316. The lowest BCUT2D eigenvalue weighted by Crippen LogP contribution is -2.59. The first-order chi connectivity index (χ1) is 16.0. The number of ether oxygens (including phenoxy) is 1. The fourth-order valence-electron chi connectivity index (χ4n) is 5.63. The quantitative estimate of drug-likeness (QED) is 0.680. The summed E-state index contributed by atoms with van der Waals surface area (Å²) in [6.45, 7) is 1.72. The molecule has 1 aromatic carbocycles. The standard InChI is InChI=1S/C26H36N4O3/c27-19-25(16-17-30(20-25)22-12-6-2-7-13-22)29-23(31)26(14-8-3-9-15-26)33-24(32)28-18-21-10-4-1-5-11-21/h1,4-5,10-11,22H,2-3,6-9,12-18,20H2,(H,28,32)(H,29,31). The molecule has 4 rings (SSSR count). The van der Waals surface area contributed by atoms with E-state index >= 15 is 0 Å². The average molecular weight is 453 g/mol. The number of benzene rings is 1. The molecule has 1 atom stereocenters. The van der Waals surface area contributed by atoms with E-state index in [-0.39, 0.29) is 5.91 Å². The third kappa shape index (κ3) is 5.67. The Morgan fingerprint density at radius 3 is 2.42 bits per heavy atom. The van der Waals surface area contributed by atoms with Crippen molar-refractivity contribution in [1.29, 1.82) is 5.26 Å². The van der Waals surface area contributed by atoms with Crippen LogP contribution in [0.15, 0.2) is 30.3 Å². The summed E-state index contributed by atoms with van der Waals surface area (Å²) in [4.78, 5) is 28.6. The minimum Gasteiger partial charge on any atom is -0.433 e. The second-order valence-electron chi connectivity index (χ2n) is 9.94. The fraction of sp³-hybridized carbons (Fsp3) is 0.654. The predicted molar refractivity (Wildman–Crippen MR) is 125 cm³/mol. The van der Waals surface area contributed by atoms with Gasteiger partial charge in [-0.1, -0.05) is 56.0 Å². The summed E-state index contributed by atoms with van der Waals surface area (Å²) in [6, 6.07) is 12.5. The zero-order valence-electron chi connectivity index (χ0n) is 19.5. The molecular weight excluding hydrogens is 416 g/mol. The Labute approximate surface area is 196 Å². The molecule has 0 radical (unpaired) electrons. The number of carbonyl (C=O) groups is 2. The van der Waals surface area contributed by atoms with E-state index in [0.29, 0.717) is 38.4 Å². The van der Waals surface area contributed by atoms with Crippen molar-refractivity contribution in [3.63, 3.8) is 0 Å². The number of rotatable bonds is 6. The van der Waals surface area contributed by atoms with Crippen LogP contribution in [0.2, 0.25) is 0 Å². The maximum Gasteiger partial charge on any atom is 0.408 e. The molecule has 178 valence electrons. The molecule has 1 aliphatic heterocycles. The Morgan fingerprint density at radius 2 is 1.73 bits per heavy atom. The molecule has 1 heterocycles. The van der Waals surface area contributed by atoms with Crippen molar-refractivity contribution in [2.24, 2.45) is 0 Å². The summed E-state index contributed by atoms with van der Waals surface area (Å²) in [7, 11) is 0.